The van der Waals surface area contributed by atoms with Gasteiger partial charge in [0.2, 0.25) is 0 Å². The number of aryl methyl sites for hydroxylation is 1. The smallest absolute Gasteiger partial charge is 0.267 e. The van der Waals surface area contributed by atoms with Crippen molar-refractivity contribution in [2.75, 3.05) is 0 Å². The predicted molar refractivity (Wildman–Crippen MR) is 65.4 cm³/mol. The van der Waals surface area contributed by atoms with Crippen LogP contribution in [0.15, 0.2) is 22.8 Å². The number of hydrogen-bond acceptors (Lipinski definition) is 2. The summed E-state index contributed by atoms with van der Waals surface area (Å²) in [6, 6.07) is 3.75. The third-order valence-electron chi connectivity index (χ3n) is 2.37. The van der Waals surface area contributed by atoms with E-state index < -0.39 is 5.91 Å². The summed E-state index contributed by atoms with van der Waals surface area (Å²) < 4.78 is 2.63. The first-order chi connectivity index (χ1) is 7.63. The van der Waals surface area contributed by atoms with E-state index in [9.17, 15) is 4.79 Å². The average Bonchev–Trinajstić information content (AvgIpc) is 2.55. The minimum atomic E-state index is -0.436. The highest BCUT2D eigenvalue weighted by molar-refractivity contribution is 9.10. The van der Waals surface area contributed by atoms with Gasteiger partial charge < -0.3 is 5.73 Å². The van der Waals surface area contributed by atoms with Crippen molar-refractivity contribution in [3.8, 4) is 0 Å². The Bertz CT molecular complexity index is 547. The minimum absolute atomic E-state index is 0.436. The molecule has 0 aliphatic rings. The summed E-state index contributed by atoms with van der Waals surface area (Å²) in [6.45, 7) is 2.05. The molecule has 0 bridgehead atoms. The lowest BCUT2D eigenvalue weighted by molar-refractivity contribution is 0.0993. The molecule has 0 aromatic carbocycles. The molecule has 0 atom stereocenters. The first kappa shape index (κ1) is 11.1. The SMILES string of the molecule is CCCc1nc2ccc(Br)cn2c1C(N)=O. The Kier molecular flexibility index (Phi) is 2.96. The summed E-state index contributed by atoms with van der Waals surface area (Å²) in [4.78, 5) is 15.8. The van der Waals surface area contributed by atoms with Gasteiger partial charge in [0, 0.05) is 10.7 Å². The number of halogens is 1. The summed E-state index contributed by atoms with van der Waals surface area (Å²) in [6.07, 6.45) is 3.50. The molecule has 0 unspecified atom stereocenters. The second-order valence-electron chi connectivity index (χ2n) is 3.60. The number of nitrogens with zero attached hydrogens (tertiary/aromatic N) is 2. The van der Waals surface area contributed by atoms with Gasteiger partial charge in [0.15, 0.2) is 0 Å². The topological polar surface area (TPSA) is 60.4 Å². The van der Waals surface area contributed by atoms with Crippen LogP contribution in [0.4, 0.5) is 0 Å². The van der Waals surface area contributed by atoms with Crippen LogP contribution in [0.2, 0.25) is 0 Å². The van der Waals surface area contributed by atoms with Gasteiger partial charge in [-0.05, 0) is 34.5 Å². The highest BCUT2D eigenvalue weighted by Gasteiger charge is 2.15. The lowest BCUT2D eigenvalue weighted by atomic mass is 10.2. The molecule has 0 aliphatic carbocycles. The largest absolute Gasteiger partial charge is 0.364 e. The van der Waals surface area contributed by atoms with Gasteiger partial charge in [-0.3, -0.25) is 9.20 Å². The zero-order valence-corrected chi connectivity index (χ0v) is 10.5. The number of primary amides is 1. The molecule has 1 amide bonds. The number of rotatable bonds is 3. The van der Waals surface area contributed by atoms with Crippen LogP contribution in [-0.4, -0.2) is 15.3 Å². The third kappa shape index (κ3) is 1.82. The van der Waals surface area contributed by atoms with Crippen LogP contribution >= 0.6 is 15.9 Å². The fourth-order valence-electron chi connectivity index (χ4n) is 1.74. The lowest BCUT2D eigenvalue weighted by Gasteiger charge is -1.99. The molecule has 2 N–H and O–H groups in total. The van der Waals surface area contributed by atoms with Crippen LogP contribution in [0, 0.1) is 0 Å². The fourth-order valence-corrected chi connectivity index (χ4v) is 2.08. The standard InChI is InChI=1S/C11H12BrN3O/c1-2-3-8-10(11(13)16)15-6-7(12)4-5-9(15)14-8/h4-6H,2-3H2,1H3,(H2,13,16). The number of amides is 1. The maximum atomic E-state index is 11.4. The molecule has 0 saturated carbocycles. The molecule has 0 fully saturated rings. The Morgan fingerprint density at radius 3 is 2.94 bits per heavy atom. The quantitative estimate of drug-likeness (QED) is 0.937. The highest BCUT2D eigenvalue weighted by atomic mass is 79.9. The molecule has 0 radical (unpaired) electrons. The van der Waals surface area contributed by atoms with Crippen molar-refractivity contribution in [3.05, 3.63) is 34.2 Å². The molecule has 2 rings (SSSR count). The molecule has 2 aromatic heterocycles. The molecular weight excluding hydrogens is 270 g/mol. The van der Waals surface area contributed by atoms with Gasteiger partial charge in [-0.2, -0.15) is 0 Å². The molecule has 2 heterocycles. The van der Waals surface area contributed by atoms with Crippen molar-refractivity contribution in [2.24, 2.45) is 5.73 Å². The summed E-state index contributed by atoms with van der Waals surface area (Å²) in [5.74, 6) is -0.436. The number of imidazole rings is 1. The molecule has 2 aromatic rings. The molecular formula is C11H12BrN3O. The van der Waals surface area contributed by atoms with Crippen LogP contribution in [0.5, 0.6) is 0 Å². The van der Waals surface area contributed by atoms with Crippen molar-refractivity contribution in [1.29, 1.82) is 0 Å². The molecule has 16 heavy (non-hydrogen) atoms. The number of carbonyl (C=O) groups is 1. The van der Waals surface area contributed by atoms with Gasteiger partial charge in [0.1, 0.15) is 11.3 Å². The minimum Gasteiger partial charge on any atom is -0.364 e. The van der Waals surface area contributed by atoms with Gasteiger partial charge in [0.25, 0.3) is 5.91 Å². The number of carbonyl (C=O) groups excluding carboxylic acids is 1. The maximum Gasteiger partial charge on any atom is 0.267 e. The second kappa shape index (κ2) is 4.25. The van der Waals surface area contributed by atoms with E-state index in [0.29, 0.717) is 5.69 Å². The number of aromatic nitrogens is 2. The summed E-state index contributed by atoms with van der Waals surface area (Å²) in [7, 11) is 0. The molecule has 84 valence electrons. The summed E-state index contributed by atoms with van der Waals surface area (Å²) >= 11 is 3.36. The van der Waals surface area contributed by atoms with Crippen molar-refractivity contribution in [3.63, 3.8) is 0 Å². The Morgan fingerprint density at radius 1 is 1.56 bits per heavy atom. The number of fused-ring (bicyclic) bond motifs is 1. The van der Waals surface area contributed by atoms with Gasteiger partial charge >= 0.3 is 0 Å². The second-order valence-corrected chi connectivity index (χ2v) is 4.51. The van der Waals surface area contributed by atoms with Crippen LogP contribution in [0.3, 0.4) is 0 Å². The summed E-state index contributed by atoms with van der Waals surface area (Å²) in [5, 5.41) is 0. The van der Waals surface area contributed by atoms with E-state index in [1.54, 1.807) is 4.40 Å². The molecule has 5 heteroatoms. The van der Waals surface area contributed by atoms with E-state index in [-0.39, 0.29) is 0 Å². The average molecular weight is 282 g/mol. The van der Waals surface area contributed by atoms with Crippen molar-refractivity contribution in [1.82, 2.24) is 9.38 Å². The fraction of sp³-hybridized carbons (Fsp3) is 0.273. The zero-order valence-electron chi connectivity index (χ0n) is 8.90. The predicted octanol–water partition coefficient (Wildman–Crippen LogP) is 2.15. The molecule has 0 saturated heterocycles. The van der Waals surface area contributed by atoms with Crippen molar-refractivity contribution >= 4 is 27.5 Å². The van der Waals surface area contributed by atoms with Gasteiger partial charge in [-0.25, -0.2) is 4.98 Å². The third-order valence-corrected chi connectivity index (χ3v) is 2.84. The van der Waals surface area contributed by atoms with Crippen LogP contribution in [0.25, 0.3) is 5.65 Å². The normalized spacial score (nSPS) is 10.9. The van der Waals surface area contributed by atoms with E-state index in [0.717, 1.165) is 28.7 Å². The highest BCUT2D eigenvalue weighted by Crippen LogP contribution is 2.17. The number of pyridine rings is 1. The van der Waals surface area contributed by atoms with Gasteiger partial charge in [-0.15, -0.1) is 0 Å². The Labute approximate surface area is 102 Å². The maximum absolute atomic E-state index is 11.4. The van der Waals surface area contributed by atoms with Crippen LogP contribution in [0.1, 0.15) is 29.5 Å². The van der Waals surface area contributed by atoms with Crippen LogP contribution in [-0.2, 0) is 6.42 Å². The molecule has 0 aliphatic heterocycles. The van der Waals surface area contributed by atoms with Crippen molar-refractivity contribution < 1.29 is 4.79 Å². The zero-order chi connectivity index (χ0) is 11.7. The monoisotopic (exact) mass is 281 g/mol. The van der Waals surface area contributed by atoms with Crippen molar-refractivity contribution in [2.45, 2.75) is 19.8 Å². The van der Waals surface area contributed by atoms with E-state index >= 15 is 0 Å². The first-order valence-corrected chi connectivity index (χ1v) is 5.89. The number of hydrogen-bond donors (Lipinski definition) is 1. The first-order valence-electron chi connectivity index (χ1n) is 5.09. The lowest BCUT2D eigenvalue weighted by Crippen LogP contribution is -2.16. The molecule has 4 nitrogen and oxygen atoms in total. The van der Waals surface area contributed by atoms with Gasteiger partial charge in [-0.1, -0.05) is 13.3 Å². The molecule has 0 spiro atoms. The summed E-state index contributed by atoms with van der Waals surface area (Å²) in [5.41, 5.74) is 7.40. The van der Waals surface area contributed by atoms with E-state index in [4.69, 9.17) is 5.73 Å². The number of nitrogens with two attached hydrogens (primary N) is 1. The van der Waals surface area contributed by atoms with E-state index in [1.807, 2.05) is 25.3 Å². The van der Waals surface area contributed by atoms with E-state index in [1.165, 1.54) is 0 Å². The van der Waals surface area contributed by atoms with Gasteiger partial charge in [0.05, 0.1) is 5.69 Å². The Balaban J connectivity index is 2.72. The van der Waals surface area contributed by atoms with Crippen LogP contribution < -0.4 is 5.73 Å². The Morgan fingerprint density at radius 2 is 2.31 bits per heavy atom. The Hall–Kier alpha value is -1.36. The van der Waals surface area contributed by atoms with E-state index in [2.05, 4.69) is 20.9 Å².